The molecule has 184 valence electrons. The van der Waals surface area contributed by atoms with Crippen molar-refractivity contribution in [1.82, 2.24) is 14.9 Å². The molecule has 2 aromatic heterocycles. The standard InChI is InChI=1S/C23H22F3N5O4/c1-34-22(33)31-11-5-10-30(12-13-31)17-9-8-16(14-27-17)28-20(32)18-19(23(24,25)26)35-21(29-18)15-6-3-2-4-7-15/h2-4,6-9,14H,5,10-13H2,1H3,(H,28,32). The van der Waals surface area contributed by atoms with Crippen molar-refractivity contribution >= 4 is 23.5 Å². The van der Waals surface area contributed by atoms with Gasteiger partial charge < -0.3 is 24.3 Å². The van der Waals surface area contributed by atoms with Crippen LogP contribution in [0.3, 0.4) is 0 Å². The summed E-state index contributed by atoms with van der Waals surface area (Å²) in [6, 6.07) is 11.2. The van der Waals surface area contributed by atoms with E-state index in [-0.39, 0.29) is 17.7 Å². The first kappa shape index (κ1) is 24.0. The minimum absolute atomic E-state index is 0.196. The lowest BCUT2D eigenvalue weighted by Gasteiger charge is -2.22. The van der Waals surface area contributed by atoms with E-state index in [1.165, 1.54) is 31.5 Å². The van der Waals surface area contributed by atoms with Crippen LogP contribution in [0.15, 0.2) is 53.1 Å². The predicted octanol–water partition coefficient (Wildman–Crippen LogP) is 4.29. The van der Waals surface area contributed by atoms with Crippen molar-refractivity contribution in [2.75, 3.05) is 43.5 Å². The molecule has 1 aliphatic rings. The third-order valence-electron chi connectivity index (χ3n) is 5.38. The van der Waals surface area contributed by atoms with E-state index in [1.54, 1.807) is 29.2 Å². The maximum absolute atomic E-state index is 13.5. The van der Waals surface area contributed by atoms with Gasteiger partial charge in [0.05, 0.1) is 19.0 Å². The van der Waals surface area contributed by atoms with Crippen LogP contribution in [0, 0.1) is 0 Å². The summed E-state index contributed by atoms with van der Waals surface area (Å²) in [4.78, 5) is 36.1. The molecule has 1 saturated heterocycles. The number of methoxy groups -OCH3 is 1. The van der Waals surface area contributed by atoms with Crippen molar-refractivity contribution < 1.29 is 31.9 Å². The molecule has 35 heavy (non-hydrogen) atoms. The van der Waals surface area contributed by atoms with Gasteiger partial charge in [0, 0.05) is 31.7 Å². The van der Waals surface area contributed by atoms with E-state index >= 15 is 0 Å². The molecule has 2 amide bonds. The van der Waals surface area contributed by atoms with Crippen molar-refractivity contribution in [1.29, 1.82) is 0 Å². The number of anilines is 2. The molecule has 0 bridgehead atoms. The van der Waals surface area contributed by atoms with E-state index in [0.717, 1.165) is 0 Å². The first-order chi connectivity index (χ1) is 16.8. The van der Waals surface area contributed by atoms with Crippen LogP contribution >= 0.6 is 0 Å². The van der Waals surface area contributed by atoms with E-state index in [4.69, 9.17) is 9.15 Å². The van der Waals surface area contributed by atoms with Gasteiger partial charge >= 0.3 is 12.3 Å². The molecule has 4 rings (SSSR count). The van der Waals surface area contributed by atoms with Crippen LogP contribution in [0.2, 0.25) is 0 Å². The van der Waals surface area contributed by atoms with Crippen molar-refractivity contribution in [3.63, 3.8) is 0 Å². The number of oxazole rings is 1. The summed E-state index contributed by atoms with van der Waals surface area (Å²) in [6.07, 6.45) is -3.23. The number of hydrogen-bond acceptors (Lipinski definition) is 7. The predicted molar refractivity (Wildman–Crippen MR) is 120 cm³/mol. The number of aromatic nitrogens is 2. The monoisotopic (exact) mass is 489 g/mol. The quantitative estimate of drug-likeness (QED) is 0.584. The number of ether oxygens (including phenoxy) is 1. The number of nitrogens with zero attached hydrogens (tertiary/aromatic N) is 4. The Morgan fingerprint density at radius 3 is 2.49 bits per heavy atom. The van der Waals surface area contributed by atoms with Gasteiger partial charge in [0.2, 0.25) is 11.7 Å². The molecule has 1 aromatic carbocycles. The number of nitrogens with one attached hydrogen (secondary N) is 1. The maximum Gasteiger partial charge on any atom is 0.452 e. The van der Waals surface area contributed by atoms with Gasteiger partial charge in [-0.25, -0.2) is 14.8 Å². The molecule has 9 nitrogen and oxygen atoms in total. The smallest absolute Gasteiger partial charge is 0.452 e. The third-order valence-corrected chi connectivity index (χ3v) is 5.38. The number of carbonyl (C=O) groups excluding carboxylic acids is 2. The first-order valence-corrected chi connectivity index (χ1v) is 10.7. The Balaban J connectivity index is 1.48. The van der Waals surface area contributed by atoms with Gasteiger partial charge in [0.25, 0.3) is 5.91 Å². The number of alkyl halides is 3. The summed E-state index contributed by atoms with van der Waals surface area (Å²) in [5.41, 5.74) is -0.357. The number of rotatable bonds is 4. The molecule has 0 aliphatic carbocycles. The summed E-state index contributed by atoms with van der Waals surface area (Å²) >= 11 is 0. The largest absolute Gasteiger partial charge is 0.453 e. The number of carbonyl (C=O) groups is 2. The van der Waals surface area contributed by atoms with Crippen LogP contribution in [0.25, 0.3) is 11.5 Å². The lowest BCUT2D eigenvalue weighted by Crippen LogP contribution is -2.35. The van der Waals surface area contributed by atoms with Crippen LogP contribution in [0.4, 0.5) is 29.5 Å². The van der Waals surface area contributed by atoms with Crippen LogP contribution in [-0.4, -0.2) is 60.2 Å². The van der Waals surface area contributed by atoms with Gasteiger partial charge in [-0.15, -0.1) is 0 Å². The molecule has 0 unspecified atom stereocenters. The van der Waals surface area contributed by atoms with Gasteiger partial charge in [0.1, 0.15) is 5.82 Å². The highest BCUT2D eigenvalue weighted by atomic mass is 19.4. The zero-order valence-electron chi connectivity index (χ0n) is 18.7. The summed E-state index contributed by atoms with van der Waals surface area (Å²) in [5.74, 6) is -2.24. The fourth-order valence-corrected chi connectivity index (χ4v) is 3.67. The fraction of sp³-hybridized carbons (Fsp3) is 0.304. The summed E-state index contributed by atoms with van der Waals surface area (Å²) in [6.45, 7) is 2.21. The topological polar surface area (TPSA) is 101 Å². The third kappa shape index (κ3) is 5.53. The summed E-state index contributed by atoms with van der Waals surface area (Å²) in [7, 11) is 1.33. The second-order valence-electron chi connectivity index (χ2n) is 7.72. The molecule has 1 N–H and O–H groups in total. The molecule has 3 heterocycles. The Kier molecular flexibility index (Phi) is 6.90. The Hall–Kier alpha value is -4.09. The average Bonchev–Trinajstić information content (AvgIpc) is 3.18. The summed E-state index contributed by atoms with van der Waals surface area (Å²) < 4.78 is 50.2. The van der Waals surface area contributed by atoms with E-state index in [0.29, 0.717) is 44.0 Å². The van der Waals surface area contributed by atoms with Gasteiger partial charge in [-0.2, -0.15) is 13.2 Å². The normalized spacial score (nSPS) is 14.4. The lowest BCUT2D eigenvalue weighted by atomic mass is 10.2. The lowest BCUT2D eigenvalue weighted by molar-refractivity contribution is -0.153. The number of benzene rings is 1. The van der Waals surface area contributed by atoms with Crippen LogP contribution < -0.4 is 10.2 Å². The van der Waals surface area contributed by atoms with E-state index < -0.39 is 23.5 Å². The SMILES string of the molecule is COC(=O)N1CCCN(c2ccc(NC(=O)c3nc(-c4ccccc4)oc3C(F)(F)F)cn2)CC1. The molecule has 12 heteroatoms. The fourth-order valence-electron chi connectivity index (χ4n) is 3.67. The van der Waals surface area contributed by atoms with Crippen molar-refractivity contribution in [2.24, 2.45) is 0 Å². The highest BCUT2D eigenvalue weighted by molar-refractivity contribution is 6.04. The molecule has 0 radical (unpaired) electrons. The zero-order valence-corrected chi connectivity index (χ0v) is 18.7. The van der Waals surface area contributed by atoms with Crippen molar-refractivity contribution in [3.8, 4) is 11.5 Å². The van der Waals surface area contributed by atoms with Gasteiger partial charge in [-0.3, -0.25) is 4.79 Å². The van der Waals surface area contributed by atoms with E-state index in [1.807, 2.05) is 4.90 Å². The molecule has 0 atom stereocenters. The Morgan fingerprint density at radius 1 is 1.06 bits per heavy atom. The summed E-state index contributed by atoms with van der Waals surface area (Å²) in [5, 5.41) is 2.40. The number of amides is 2. The van der Waals surface area contributed by atoms with Gasteiger partial charge in [0.15, 0.2) is 5.69 Å². The Bertz CT molecular complexity index is 1180. The van der Waals surface area contributed by atoms with Crippen LogP contribution in [-0.2, 0) is 10.9 Å². The zero-order chi connectivity index (χ0) is 25.0. The molecule has 1 aliphatic heterocycles. The maximum atomic E-state index is 13.5. The van der Waals surface area contributed by atoms with E-state index in [9.17, 15) is 22.8 Å². The molecule has 0 spiro atoms. The highest BCUT2D eigenvalue weighted by Gasteiger charge is 2.42. The van der Waals surface area contributed by atoms with Crippen molar-refractivity contribution in [2.45, 2.75) is 12.6 Å². The van der Waals surface area contributed by atoms with Gasteiger partial charge in [-0.1, -0.05) is 18.2 Å². The van der Waals surface area contributed by atoms with E-state index in [2.05, 4.69) is 15.3 Å². The van der Waals surface area contributed by atoms with Crippen LogP contribution in [0.1, 0.15) is 22.7 Å². The minimum Gasteiger partial charge on any atom is -0.453 e. The minimum atomic E-state index is -4.90. The Labute approximate surface area is 198 Å². The Morgan fingerprint density at radius 2 is 1.83 bits per heavy atom. The molecule has 1 fully saturated rings. The van der Waals surface area contributed by atoms with Gasteiger partial charge in [-0.05, 0) is 30.7 Å². The molecular weight excluding hydrogens is 467 g/mol. The molecule has 0 saturated carbocycles. The van der Waals surface area contributed by atoms with Crippen LogP contribution in [0.5, 0.6) is 0 Å². The molecular formula is C23H22F3N5O4. The molecule has 3 aromatic rings. The first-order valence-electron chi connectivity index (χ1n) is 10.7. The second-order valence-corrected chi connectivity index (χ2v) is 7.72. The second kappa shape index (κ2) is 10.0. The number of pyridine rings is 1. The van der Waals surface area contributed by atoms with Crippen molar-refractivity contribution in [3.05, 3.63) is 60.1 Å². The number of halogens is 3. The number of hydrogen-bond donors (Lipinski definition) is 1. The average molecular weight is 489 g/mol. The highest BCUT2D eigenvalue weighted by Crippen LogP contribution is 2.35.